The number of carboxylic acid groups (broad SMARTS) is 1. The van der Waals surface area contributed by atoms with Crippen molar-refractivity contribution in [1.82, 2.24) is 0 Å². The normalized spacial score (nSPS) is 10.3. The van der Waals surface area contributed by atoms with Crippen LogP contribution in [-0.4, -0.2) is 16.0 Å². The third kappa shape index (κ3) is 3.87. The quantitative estimate of drug-likeness (QED) is 0.521. The second-order valence-electron chi connectivity index (χ2n) is 5.59. The minimum atomic E-state index is -1.15. The first-order chi connectivity index (χ1) is 12.5. The van der Waals surface area contributed by atoms with E-state index in [1.54, 1.807) is 24.3 Å². The van der Waals surface area contributed by atoms with E-state index >= 15 is 0 Å². The molecule has 0 fully saturated rings. The summed E-state index contributed by atoms with van der Waals surface area (Å²) in [7, 11) is 0. The van der Waals surface area contributed by atoms with Crippen molar-refractivity contribution < 1.29 is 19.6 Å². The van der Waals surface area contributed by atoms with Crippen LogP contribution in [0.2, 0.25) is 0 Å². The number of nitrogens with zero attached hydrogens (tertiary/aromatic N) is 1. The van der Waals surface area contributed by atoms with E-state index < -0.39 is 10.9 Å². The minimum Gasteiger partial charge on any atom is -0.489 e. The Kier molecular flexibility index (Phi) is 4.94. The van der Waals surface area contributed by atoms with Gasteiger partial charge >= 0.3 is 5.97 Å². The lowest BCUT2D eigenvalue weighted by molar-refractivity contribution is -0.384. The molecule has 0 atom stereocenters. The number of hydrogen-bond donors (Lipinski definition) is 1. The van der Waals surface area contributed by atoms with Crippen molar-refractivity contribution in [1.29, 1.82) is 0 Å². The Bertz CT molecular complexity index is 953. The number of carbonyl (C=O) groups is 1. The predicted octanol–water partition coefficient (Wildman–Crippen LogP) is 4.54. The van der Waals surface area contributed by atoms with Gasteiger partial charge in [-0.1, -0.05) is 42.5 Å². The Balaban J connectivity index is 1.93. The fourth-order valence-corrected chi connectivity index (χ4v) is 2.57. The molecule has 26 heavy (non-hydrogen) atoms. The second-order valence-corrected chi connectivity index (χ2v) is 5.59. The number of ether oxygens (including phenoxy) is 1. The lowest BCUT2D eigenvalue weighted by Crippen LogP contribution is -2.01. The molecular formula is C20H15NO5. The zero-order valence-electron chi connectivity index (χ0n) is 13.7. The second kappa shape index (κ2) is 7.48. The molecular weight excluding hydrogens is 334 g/mol. The van der Waals surface area contributed by atoms with Crippen LogP contribution in [0.15, 0.2) is 72.8 Å². The van der Waals surface area contributed by atoms with Gasteiger partial charge in [-0.2, -0.15) is 0 Å². The maximum Gasteiger partial charge on any atom is 0.336 e. The molecule has 6 nitrogen and oxygen atoms in total. The summed E-state index contributed by atoms with van der Waals surface area (Å²) in [5.74, 6) is -0.597. The van der Waals surface area contributed by atoms with Crippen molar-refractivity contribution in [3.63, 3.8) is 0 Å². The largest absolute Gasteiger partial charge is 0.489 e. The maximum absolute atomic E-state index is 11.5. The van der Waals surface area contributed by atoms with Gasteiger partial charge in [0.05, 0.1) is 10.5 Å². The first kappa shape index (κ1) is 17.2. The highest BCUT2D eigenvalue weighted by Crippen LogP contribution is 2.30. The molecule has 0 aromatic heterocycles. The van der Waals surface area contributed by atoms with Crippen molar-refractivity contribution in [2.24, 2.45) is 0 Å². The summed E-state index contributed by atoms with van der Waals surface area (Å²) in [6, 6.07) is 20.2. The average Bonchev–Trinajstić information content (AvgIpc) is 2.67. The van der Waals surface area contributed by atoms with Crippen LogP contribution in [0.5, 0.6) is 5.75 Å². The number of nitro groups is 1. The molecule has 0 saturated carbocycles. The fraction of sp³-hybridized carbons (Fsp3) is 0.0500. The molecule has 3 aromatic rings. The van der Waals surface area contributed by atoms with E-state index in [0.717, 1.165) is 5.56 Å². The fourth-order valence-electron chi connectivity index (χ4n) is 2.57. The van der Waals surface area contributed by atoms with E-state index in [1.807, 2.05) is 30.3 Å². The number of carboxylic acids is 1. The van der Waals surface area contributed by atoms with Gasteiger partial charge in [0.15, 0.2) is 0 Å². The monoisotopic (exact) mass is 349 g/mol. The summed E-state index contributed by atoms with van der Waals surface area (Å²) in [6.45, 7) is 0.366. The van der Waals surface area contributed by atoms with Crippen molar-refractivity contribution in [3.8, 4) is 16.9 Å². The van der Waals surface area contributed by atoms with Crippen LogP contribution in [0.1, 0.15) is 15.9 Å². The van der Waals surface area contributed by atoms with Gasteiger partial charge in [-0.15, -0.1) is 0 Å². The van der Waals surface area contributed by atoms with Gasteiger partial charge in [0.1, 0.15) is 12.4 Å². The smallest absolute Gasteiger partial charge is 0.336 e. The van der Waals surface area contributed by atoms with Gasteiger partial charge in [-0.05, 0) is 29.3 Å². The van der Waals surface area contributed by atoms with Crippen LogP contribution in [0.4, 0.5) is 5.69 Å². The molecule has 130 valence electrons. The van der Waals surface area contributed by atoms with Gasteiger partial charge in [0.25, 0.3) is 5.69 Å². The van der Waals surface area contributed by atoms with Crippen molar-refractivity contribution >= 4 is 11.7 Å². The summed E-state index contributed by atoms with van der Waals surface area (Å²) in [5, 5.41) is 20.4. The standard InChI is InChI=1S/C20H15NO5/c22-20(23)18-10-9-16(21(24)25)12-19(18)15-7-4-8-17(11-15)26-13-14-5-2-1-3-6-14/h1-12H,13H2,(H,22,23). The SMILES string of the molecule is O=C(O)c1ccc([N+](=O)[O-])cc1-c1cccc(OCc2ccccc2)c1. The number of hydrogen-bond acceptors (Lipinski definition) is 4. The number of aromatic carboxylic acids is 1. The van der Waals surface area contributed by atoms with Crippen LogP contribution < -0.4 is 4.74 Å². The number of non-ortho nitro benzene ring substituents is 1. The highest BCUT2D eigenvalue weighted by atomic mass is 16.6. The summed E-state index contributed by atoms with van der Waals surface area (Å²) >= 11 is 0. The Hall–Kier alpha value is -3.67. The Morgan fingerprint density at radius 1 is 1.00 bits per heavy atom. The average molecular weight is 349 g/mol. The molecule has 0 aliphatic heterocycles. The number of nitro benzene ring substituents is 1. The third-order valence-corrected chi connectivity index (χ3v) is 3.84. The van der Waals surface area contributed by atoms with Crippen molar-refractivity contribution in [2.75, 3.05) is 0 Å². The van der Waals surface area contributed by atoms with E-state index in [0.29, 0.717) is 17.9 Å². The van der Waals surface area contributed by atoms with Crippen molar-refractivity contribution in [3.05, 3.63) is 94.0 Å². The lowest BCUT2D eigenvalue weighted by Gasteiger charge is -2.10. The maximum atomic E-state index is 11.5. The van der Waals surface area contributed by atoms with E-state index in [2.05, 4.69) is 0 Å². The first-order valence-corrected chi connectivity index (χ1v) is 7.83. The van der Waals surface area contributed by atoms with Gasteiger partial charge in [-0.25, -0.2) is 4.79 Å². The molecule has 0 bridgehead atoms. The van der Waals surface area contributed by atoms with Crippen LogP contribution in [0.25, 0.3) is 11.1 Å². The molecule has 0 saturated heterocycles. The molecule has 6 heteroatoms. The lowest BCUT2D eigenvalue weighted by atomic mass is 9.99. The topological polar surface area (TPSA) is 89.7 Å². The summed E-state index contributed by atoms with van der Waals surface area (Å²) in [5.41, 5.74) is 1.64. The van der Waals surface area contributed by atoms with Crippen molar-refractivity contribution in [2.45, 2.75) is 6.61 Å². The molecule has 3 rings (SSSR count). The molecule has 0 heterocycles. The van der Waals surface area contributed by atoms with Gasteiger partial charge in [-0.3, -0.25) is 10.1 Å². The zero-order valence-corrected chi connectivity index (χ0v) is 13.7. The number of rotatable bonds is 6. The molecule has 0 amide bonds. The summed E-state index contributed by atoms with van der Waals surface area (Å²) in [6.07, 6.45) is 0. The molecule has 3 aromatic carbocycles. The highest BCUT2D eigenvalue weighted by Gasteiger charge is 2.17. The molecule has 1 N–H and O–H groups in total. The minimum absolute atomic E-state index is 0.00388. The van der Waals surface area contributed by atoms with Crippen LogP contribution in [0, 0.1) is 10.1 Å². The van der Waals surface area contributed by atoms with E-state index in [1.165, 1.54) is 18.2 Å². The molecule has 0 aliphatic rings. The Morgan fingerprint density at radius 2 is 1.77 bits per heavy atom. The van der Waals surface area contributed by atoms with Crippen LogP contribution in [0.3, 0.4) is 0 Å². The van der Waals surface area contributed by atoms with Gasteiger partial charge in [0, 0.05) is 17.7 Å². The number of benzene rings is 3. The molecule has 0 spiro atoms. The Labute approximate surface area is 149 Å². The predicted molar refractivity (Wildman–Crippen MR) is 96.3 cm³/mol. The van der Waals surface area contributed by atoms with Crippen LogP contribution in [-0.2, 0) is 6.61 Å². The van der Waals surface area contributed by atoms with E-state index in [-0.39, 0.29) is 16.8 Å². The molecule has 0 unspecified atom stereocenters. The van der Waals surface area contributed by atoms with Gasteiger partial charge < -0.3 is 9.84 Å². The zero-order chi connectivity index (χ0) is 18.5. The summed E-state index contributed by atoms with van der Waals surface area (Å²) in [4.78, 5) is 21.9. The van der Waals surface area contributed by atoms with E-state index in [9.17, 15) is 20.0 Å². The molecule has 0 aliphatic carbocycles. The first-order valence-electron chi connectivity index (χ1n) is 7.83. The molecule has 0 radical (unpaired) electrons. The third-order valence-electron chi connectivity index (χ3n) is 3.84. The summed E-state index contributed by atoms with van der Waals surface area (Å²) < 4.78 is 5.75. The van der Waals surface area contributed by atoms with E-state index in [4.69, 9.17) is 4.74 Å². The Morgan fingerprint density at radius 3 is 2.46 bits per heavy atom. The van der Waals surface area contributed by atoms with Gasteiger partial charge in [0.2, 0.25) is 0 Å². The van der Waals surface area contributed by atoms with Crippen LogP contribution >= 0.6 is 0 Å². The highest BCUT2D eigenvalue weighted by molar-refractivity contribution is 5.96.